The topological polar surface area (TPSA) is 67.9 Å². The molecule has 0 aliphatic rings. The highest BCUT2D eigenvalue weighted by molar-refractivity contribution is 6.74. The van der Waals surface area contributed by atoms with Crippen LogP contribution in [0.4, 0.5) is 4.79 Å². The molecule has 0 heterocycles. The van der Waals surface area contributed by atoms with Gasteiger partial charge in [-0.05, 0) is 56.5 Å². The van der Waals surface area contributed by atoms with Crippen LogP contribution in [0.1, 0.15) is 59.6 Å². The number of benzene rings is 2. The van der Waals surface area contributed by atoms with Crippen LogP contribution < -0.4 is 5.32 Å². The Bertz CT molecular complexity index is 998. The highest BCUT2D eigenvalue weighted by atomic mass is 28.4. The molecule has 2 rings (SSSR count). The van der Waals surface area contributed by atoms with Crippen LogP contribution in [0.5, 0.6) is 0 Å². The molecular formula is C30H46N2O4Si. The van der Waals surface area contributed by atoms with Crippen molar-refractivity contribution in [2.24, 2.45) is 0 Å². The molecular weight excluding hydrogens is 480 g/mol. The van der Waals surface area contributed by atoms with Gasteiger partial charge in [0.1, 0.15) is 5.60 Å². The molecule has 7 heteroatoms. The van der Waals surface area contributed by atoms with Crippen molar-refractivity contribution in [1.82, 2.24) is 10.2 Å². The molecule has 2 aromatic rings. The number of nitrogens with one attached hydrogen (secondary N) is 1. The average molecular weight is 527 g/mol. The summed E-state index contributed by atoms with van der Waals surface area (Å²) in [5.41, 5.74) is 1.49. The lowest BCUT2D eigenvalue weighted by Gasteiger charge is -2.43. The third-order valence-corrected chi connectivity index (χ3v) is 11.3. The first-order valence-corrected chi connectivity index (χ1v) is 16.0. The van der Waals surface area contributed by atoms with Crippen molar-refractivity contribution in [1.29, 1.82) is 0 Å². The minimum absolute atomic E-state index is 0.0385. The number of rotatable bonds is 10. The van der Waals surface area contributed by atoms with E-state index in [9.17, 15) is 9.59 Å². The summed E-state index contributed by atoms with van der Waals surface area (Å²) < 4.78 is 12.6. The molecule has 2 atom stereocenters. The van der Waals surface area contributed by atoms with Crippen molar-refractivity contribution in [2.75, 3.05) is 6.54 Å². The lowest BCUT2D eigenvalue weighted by Crippen LogP contribution is -2.56. The molecule has 1 N–H and O–H groups in total. The first kappa shape index (κ1) is 30.6. The van der Waals surface area contributed by atoms with Gasteiger partial charge in [0.2, 0.25) is 5.91 Å². The molecule has 0 saturated carbocycles. The number of hydrogen-bond donors (Lipinski definition) is 1. The Morgan fingerprint density at radius 3 is 1.86 bits per heavy atom. The molecule has 0 aliphatic heterocycles. The molecule has 204 valence electrons. The lowest BCUT2D eigenvalue weighted by atomic mass is 10.0. The number of ether oxygens (including phenoxy) is 1. The van der Waals surface area contributed by atoms with Crippen molar-refractivity contribution in [3.63, 3.8) is 0 Å². The van der Waals surface area contributed by atoms with E-state index in [1.165, 1.54) is 0 Å². The number of carbonyl (C=O) groups excluding carboxylic acids is 2. The van der Waals surface area contributed by atoms with Crippen LogP contribution in [-0.2, 0) is 26.9 Å². The molecule has 0 saturated heterocycles. The Balaban J connectivity index is 2.46. The molecule has 0 spiro atoms. The first-order chi connectivity index (χ1) is 17.1. The smallest absolute Gasteiger partial charge is 0.407 e. The summed E-state index contributed by atoms with van der Waals surface area (Å²) in [5, 5.41) is 3.06. The summed E-state index contributed by atoms with van der Waals surface area (Å²) in [5.74, 6) is -0.0385. The van der Waals surface area contributed by atoms with E-state index in [0.717, 1.165) is 11.1 Å². The van der Waals surface area contributed by atoms with Gasteiger partial charge in [0.25, 0.3) is 0 Å². The van der Waals surface area contributed by atoms with E-state index in [4.69, 9.17) is 9.16 Å². The molecule has 0 bridgehead atoms. The molecule has 6 nitrogen and oxygen atoms in total. The number of alkyl carbamates (subject to hydrolysis) is 1. The summed E-state index contributed by atoms with van der Waals surface area (Å²) in [6, 6.07) is 19.6. The van der Waals surface area contributed by atoms with Crippen LogP contribution in [-0.4, -0.2) is 49.5 Å². The van der Waals surface area contributed by atoms with Crippen molar-refractivity contribution >= 4 is 20.3 Å². The van der Waals surface area contributed by atoms with Gasteiger partial charge in [-0.15, -0.1) is 0 Å². The fourth-order valence-electron chi connectivity index (χ4n) is 3.73. The van der Waals surface area contributed by atoms with Gasteiger partial charge in [0, 0.05) is 20.0 Å². The zero-order valence-corrected chi connectivity index (χ0v) is 25.1. The highest BCUT2D eigenvalue weighted by Crippen LogP contribution is 2.38. The Kier molecular flexibility index (Phi) is 10.5. The quantitative estimate of drug-likeness (QED) is 0.356. The predicted molar refractivity (Wildman–Crippen MR) is 153 cm³/mol. The Hall–Kier alpha value is -2.64. The van der Waals surface area contributed by atoms with Crippen molar-refractivity contribution in [2.45, 2.75) is 97.3 Å². The van der Waals surface area contributed by atoms with Gasteiger partial charge in [-0.3, -0.25) is 4.79 Å². The maximum atomic E-state index is 13.0. The summed E-state index contributed by atoms with van der Waals surface area (Å²) in [7, 11) is -2.27. The maximum Gasteiger partial charge on any atom is 0.407 e. The molecule has 0 unspecified atom stereocenters. The standard InChI is InChI=1S/C30H46N2O4Si/c1-23(33)32(21-25-18-14-11-15-19-25)22-27(36-37(8,9)30(5,6)7)26(20-24-16-12-10-13-17-24)31-28(34)35-29(2,3)4/h10-19,26-27H,20-22H2,1-9H3,(H,31,34)/t26-,27-/m0/s1. The van der Waals surface area contributed by atoms with Crippen LogP contribution in [0.25, 0.3) is 0 Å². The molecule has 0 radical (unpaired) electrons. The minimum Gasteiger partial charge on any atom is -0.444 e. The van der Waals surface area contributed by atoms with E-state index in [0.29, 0.717) is 19.5 Å². The van der Waals surface area contributed by atoms with Crippen LogP contribution in [0.2, 0.25) is 18.1 Å². The van der Waals surface area contributed by atoms with Gasteiger partial charge in [-0.25, -0.2) is 4.79 Å². The number of hydrogen-bond acceptors (Lipinski definition) is 4. The molecule has 37 heavy (non-hydrogen) atoms. The van der Waals surface area contributed by atoms with E-state index in [-0.39, 0.29) is 10.9 Å². The molecule has 0 aliphatic carbocycles. The van der Waals surface area contributed by atoms with Crippen LogP contribution >= 0.6 is 0 Å². The minimum atomic E-state index is -2.27. The van der Waals surface area contributed by atoms with Crippen LogP contribution in [0, 0.1) is 0 Å². The van der Waals surface area contributed by atoms with E-state index < -0.39 is 32.2 Å². The molecule has 2 aromatic carbocycles. The second kappa shape index (κ2) is 12.7. The third-order valence-electron chi connectivity index (χ3n) is 6.76. The maximum absolute atomic E-state index is 13.0. The summed E-state index contributed by atoms with van der Waals surface area (Å²) in [6.45, 7) is 18.9. The van der Waals surface area contributed by atoms with Crippen molar-refractivity contribution in [3.8, 4) is 0 Å². The second-order valence-electron chi connectivity index (χ2n) is 12.2. The summed E-state index contributed by atoms with van der Waals surface area (Å²) in [4.78, 5) is 27.6. The zero-order valence-electron chi connectivity index (χ0n) is 24.1. The second-order valence-corrected chi connectivity index (χ2v) is 17.0. The monoisotopic (exact) mass is 526 g/mol. The highest BCUT2D eigenvalue weighted by Gasteiger charge is 2.42. The molecule has 0 aromatic heterocycles. The van der Waals surface area contributed by atoms with Gasteiger partial charge < -0.3 is 19.4 Å². The first-order valence-electron chi connectivity index (χ1n) is 13.1. The van der Waals surface area contributed by atoms with Gasteiger partial charge >= 0.3 is 6.09 Å². The number of carbonyl (C=O) groups is 2. The Morgan fingerprint density at radius 1 is 0.892 bits per heavy atom. The van der Waals surface area contributed by atoms with E-state index >= 15 is 0 Å². The van der Waals surface area contributed by atoms with Gasteiger partial charge in [0.05, 0.1) is 12.1 Å². The SMILES string of the molecule is CC(=O)N(Cc1ccccc1)C[C@H](O[Si](C)(C)C(C)(C)C)[C@H](Cc1ccccc1)NC(=O)OC(C)(C)C. The third kappa shape index (κ3) is 10.3. The van der Waals surface area contributed by atoms with Gasteiger partial charge in [-0.1, -0.05) is 81.4 Å². The van der Waals surface area contributed by atoms with Crippen molar-refractivity contribution < 1.29 is 18.8 Å². The fraction of sp³-hybridized carbons (Fsp3) is 0.533. The lowest BCUT2D eigenvalue weighted by molar-refractivity contribution is -0.131. The van der Waals surface area contributed by atoms with E-state index in [1.807, 2.05) is 86.3 Å². The van der Waals surface area contributed by atoms with Crippen molar-refractivity contribution in [3.05, 3.63) is 71.8 Å². The normalized spacial score (nSPS) is 14.0. The zero-order chi connectivity index (χ0) is 27.9. The Labute approximate surface area is 224 Å². The predicted octanol–water partition coefficient (Wildman–Crippen LogP) is 6.56. The van der Waals surface area contributed by atoms with Crippen LogP contribution in [0.15, 0.2) is 60.7 Å². The Morgan fingerprint density at radius 2 is 1.41 bits per heavy atom. The largest absolute Gasteiger partial charge is 0.444 e. The van der Waals surface area contributed by atoms with E-state index in [1.54, 1.807) is 6.92 Å². The summed E-state index contributed by atoms with van der Waals surface area (Å²) in [6.07, 6.45) is -0.368. The molecule has 0 fully saturated rings. The average Bonchev–Trinajstić information content (AvgIpc) is 2.77. The van der Waals surface area contributed by atoms with Crippen LogP contribution in [0.3, 0.4) is 0 Å². The van der Waals surface area contributed by atoms with Gasteiger partial charge in [-0.2, -0.15) is 0 Å². The number of amides is 2. The number of nitrogens with zero attached hydrogens (tertiary/aromatic N) is 1. The molecule has 2 amide bonds. The summed E-state index contributed by atoms with van der Waals surface area (Å²) >= 11 is 0. The van der Waals surface area contributed by atoms with E-state index in [2.05, 4.69) is 39.2 Å². The fourth-order valence-corrected chi connectivity index (χ4v) is 5.08. The van der Waals surface area contributed by atoms with Gasteiger partial charge in [0.15, 0.2) is 8.32 Å².